The summed E-state index contributed by atoms with van der Waals surface area (Å²) in [6.07, 6.45) is -2.87. The molecule has 2 amide bonds. The number of nitrogens with one attached hydrogen (secondary N) is 1. The van der Waals surface area contributed by atoms with Crippen LogP contribution in [0.3, 0.4) is 0 Å². The van der Waals surface area contributed by atoms with Crippen LogP contribution in [0.5, 0.6) is 0 Å². The highest BCUT2D eigenvalue weighted by molar-refractivity contribution is 5.91. The first kappa shape index (κ1) is 14.7. The van der Waals surface area contributed by atoms with Gasteiger partial charge in [0.05, 0.1) is 0 Å². The number of carbonyl (C=O) groups is 2. The highest BCUT2D eigenvalue weighted by Crippen LogP contribution is 2.29. The van der Waals surface area contributed by atoms with Crippen LogP contribution in [-0.2, 0) is 9.59 Å². The number of rotatable bonds is 3. The normalized spacial score (nSPS) is 21.0. The minimum Gasteiger partial charge on any atom is -0.357 e. The zero-order valence-corrected chi connectivity index (χ0v) is 9.76. The van der Waals surface area contributed by atoms with E-state index >= 15 is 0 Å². The summed E-state index contributed by atoms with van der Waals surface area (Å²) in [4.78, 5) is 23.4. The van der Waals surface area contributed by atoms with E-state index in [1.807, 2.05) is 0 Å². The van der Waals surface area contributed by atoms with Crippen LogP contribution in [0.25, 0.3) is 0 Å². The molecule has 104 valence electrons. The Bertz CT molecular complexity index is 336. The van der Waals surface area contributed by atoms with E-state index in [1.54, 1.807) is 0 Å². The number of hydrogen-bond donors (Lipinski definition) is 1. The van der Waals surface area contributed by atoms with E-state index in [1.165, 1.54) is 7.05 Å². The SMILES string of the molecule is CNC(=O)C1CCCCN1C(=O)C(F)(F)C(F)F. The van der Waals surface area contributed by atoms with Crippen molar-refractivity contribution in [3.8, 4) is 0 Å². The van der Waals surface area contributed by atoms with Gasteiger partial charge in [-0.2, -0.15) is 8.78 Å². The van der Waals surface area contributed by atoms with Gasteiger partial charge in [0.1, 0.15) is 6.04 Å². The van der Waals surface area contributed by atoms with Gasteiger partial charge in [0.2, 0.25) is 5.91 Å². The van der Waals surface area contributed by atoms with E-state index in [9.17, 15) is 27.2 Å². The van der Waals surface area contributed by atoms with Crippen molar-refractivity contribution in [1.29, 1.82) is 0 Å². The average molecular weight is 270 g/mol. The van der Waals surface area contributed by atoms with Crippen molar-refractivity contribution >= 4 is 11.8 Å². The second-order valence-corrected chi connectivity index (χ2v) is 4.05. The Morgan fingerprint density at radius 2 is 1.94 bits per heavy atom. The molecule has 0 bridgehead atoms. The van der Waals surface area contributed by atoms with Gasteiger partial charge < -0.3 is 10.2 Å². The molecule has 0 aromatic rings. The Morgan fingerprint density at radius 1 is 1.33 bits per heavy atom. The maximum absolute atomic E-state index is 13.0. The zero-order chi connectivity index (χ0) is 13.9. The van der Waals surface area contributed by atoms with Crippen molar-refractivity contribution < 1.29 is 27.2 Å². The summed E-state index contributed by atoms with van der Waals surface area (Å²) in [5, 5.41) is 2.23. The van der Waals surface area contributed by atoms with Gasteiger partial charge in [0.15, 0.2) is 0 Å². The molecule has 0 aliphatic carbocycles. The number of likely N-dealkylation sites (tertiary alicyclic amines) is 1. The Balaban J connectivity index is 2.90. The van der Waals surface area contributed by atoms with Crippen LogP contribution < -0.4 is 5.32 Å². The molecule has 1 heterocycles. The molecule has 8 heteroatoms. The third-order valence-corrected chi connectivity index (χ3v) is 2.87. The van der Waals surface area contributed by atoms with Gasteiger partial charge in [-0.15, -0.1) is 0 Å². The van der Waals surface area contributed by atoms with Crippen molar-refractivity contribution in [2.75, 3.05) is 13.6 Å². The highest BCUT2D eigenvalue weighted by Gasteiger charge is 2.53. The van der Waals surface area contributed by atoms with Crippen LogP contribution in [0, 0.1) is 0 Å². The molecule has 1 rings (SSSR count). The smallest absolute Gasteiger partial charge is 0.357 e. The van der Waals surface area contributed by atoms with Gasteiger partial charge >= 0.3 is 12.3 Å². The van der Waals surface area contributed by atoms with E-state index in [0.717, 1.165) is 0 Å². The number of amides is 2. The summed E-state index contributed by atoms with van der Waals surface area (Å²) >= 11 is 0. The van der Waals surface area contributed by atoms with E-state index < -0.39 is 30.2 Å². The summed E-state index contributed by atoms with van der Waals surface area (Å²) in [6.45, 7) is -0.112. The lowest BCUT2D eigenvalue weighted by Gasteiger charge is -2.36. The lowest BCUT2D eigenvalue weighted by Crippen LogP contribution is -2.57. The Kier molecular flexibility index (Phi) is 4.53. The van der Waals surface area contributed by atoms with Gasteiger partial charge in [-0.05, 0) is 19.3 Å². The highest BCUT2D eigenvalue weighted by atomic mass is 19.3. The first-order valence-electron chi connectivity index (χ1n) is 5.51. The van der Waals surface area contributed by atoms with Crippen molar-refractivity contribution in [1.82, 2.24) is 10.2 Å². The van der Waals surface area contributed by atoms with Crippen LogP contribution in [-0.4, -0.2) is 48.7 Å². The fourth-order valence-corrected chi connectivity index (χ4v) is 1.90. The zero-order valence-electron chi connectivity index (χ0n) is 9.76. The first-order valence-corrected chi connectivity index (χ1v) is 5.51. The van der Waals surface area contributed by atoms with Crippen molar-refractivity contribution in [2.24, 2.45) is 0 Å². The molecule has 0 aromatic heterocycles. The predicted octanol–water partition coefficient (Wildman–Crippen LogP) is 1.01. The van der Waals surface area contributed by atoms with Gasteiger partial charge in [-0.3, -0.25) is 9.59 Å². The third-order valence-electron chi connectivity index (χ3n) is 2.87. The molecule has 1 unspecified atom stereocenters. The minimum absolute atomic E-state index is 0.112. The van der Waals surface area contributed by atoms with Crippen molar-refractivity contribution in [3.63, 3.8) is 0 Å². The van der Waals surface area contributed by atoms with Gasteiger partial charge in [-0.1, -0.05) is 0 Å². The standard InChI is InChI=1S/C10H14F4N2O2/c1-15-7(17)6-4-2-3-5-16(6)9(18)10(13,14)8(11)12/h6,8H,2-5H2,1H3,(H,15,17). The molecule has 1 aliphatic rings. The third kappa shape index (κ3) is 2.73. The second-order valence-electron chi connectivity index (χ2n) is 4.05. The molecule has 0 radical (unpaired) electrons. The van der Waals surface area contributed by atoms with Crippen LogP contribution in [0.2, 0.25) is 0 Å². The van der Waals surface area contributed by atoms with Gasteiger partial charge in [0, 0.05) is 13.6 Å². The maximum atomic E-state index is 13.0. The molecule has 1 N–H and O–H groups in total. The quantitative estimate of drug-likeness (QED) is 0.778. The molecule has 0 aromatic carbocycles. The van der Waals surface area contributed by atoms with E-state index in [0.29, 0.717) is 17.7 Å². The second kappa shape index (κ2) is 5.53. The maximum Gasteiger partial charge on any atom is 0.383 e. The van der Waals surface area contributed by atoms with Crippen LogP contribution >= 0.6 is 0 Å². The van der Waals surface area contributed by atoms with Crippen molar-refractivity contribution in [2.45, 2.75) is 37.7 Å². The van der Waals surface area contributed by atoms with Crippen LogP contribution in [0.15, 0.2) is 0 Å². The molecular formula is C10H14F4N2O2. The molecule has 1 saturated heterocycles. The Morgan fingerprint density at radius 3 is 2.44 bits per heavy atom. The molecule has 4 nitrogen and oxygen atoms in total. The van der Waals surface area contributed by atoms with Crippen LogP contribution in [0.1, 0.15) is 19.3 Å². The van der Waals surface area contributed by atoms with E-state index in [2.05, 4.69) is 5.32 Å². The van der Waals surface area contributed by atoms with Gasteiger partial charge in [-0.25, -0.2) is 8.78 Å². The topological polar surface area (TPSA) is 49.4 Å². The fourth-order valence-electron chi connectivity index (χ4n) is 1.90. The largest absolute Gasteiger partial charge is 0.383 e. The monoisotopic (exact) mass is 270 g/mol. The number of nitrogens with zero attached hydrogens (tertiary/aromatic N) is 1. The number of alkyl halides is 4. The summed E-state index contributed by atoms with van der Waals surface area (Å²) in [5.74, 6) is -7.34. The van der Waals surface area contributed by atoms with E-state index in [-0.39, 0.29) is 13.0 Å². The number of carbonyl (C=O) groups excluding carboxylic acids is 2. The molecule has 1 atom stereocenters. The predicted molar refractivity (Wildman–Crippen MR) is 54.4 cm³/mol. The summed E-state index contributed by atoms with van der Waals surface area (Å²) in [5.41, 5.74) is 0. The number of hydrogen-bond acceptors (Lipinski definition) is 2. The summed E-state index contributed by atoms with van der Waals surface area (Å²) in [7, 11) is 1.30. The van der Waals surface area contributed by atoms with Gasteiger partial charge in [0.25, 0.3) is 5.91 Å². The Hall–Kier alpha value is -1.34. The number of halogens is 4. The lowest BCUT2D eigenvalue weighted by atomic mass is 10.0. The van der Waals surface area contributed by atoms with Crippen LogP contribution in [0.4, 0.5) is 17.6 Å². The molecule has 18 heavy (non-hydrogen) atoms. The minimum atomic E-state index is -4.75. The number of piperidine rings is 1. The molecule has 0 saturated carbocycles. The Labute approximate surface area is 101 Å². The summed E-state index contributed by atoms with van der Waals surface area (Å²) < 4.78 is 50.2. The molecule has 0 spiro atoms. The molecule has 1 aliphatic heterocycles. The lowest BCUT2D eigenvalue weighted by molar-refractivity contribution is -0.185. The molecule has 1 fully saturated rings. The first-order chi connectivity index (χ1) is 8.32. The number of likely N-dealkylation sites (N-methyl/N-ethyl adjacent to an activating group) is 1. The summed E-state index contributed by atoms with van der Waals surface area (Å²) in [6, 6.07) is -1.10. The molecular weight excluding hydrogens is 256 g/mol. The van der Waals surface area contributed by atoms with Crippen molar-refractivity contribution in [3.05, 3.63) is 0 Å². The average Bonchev–Trinajstić information content (AvgIpc) is 2.36. The fraction of sp³-hybridized carbons (Fsp3) is 0.800. The van der Waals surface area contributed by atoms with E-state index in [4.69, 9.17) is 0 Å².